The lowest BCUT2D eigenvalue weighted by Crippen LogP contribution is -2.71. The van der Waals surface area contributed by atoms with E-state index in [-0.39, 0.29) is 26.6 Å². The number of nitrogens with zero attached hydrogens (tertiary/aromatic N) is 5. The van der Waals surface area contributed by atoms with Crippen molar-refractivity contribution in [3.8, 4) is 0 Å². The number of hydrogen-bond acceptors (Lipinski definition) is 14. The van der Waals surface area contributed by atoms with Crippen LogP contribution < -0.4 is 11.1 Å². The number of carboxylic acids is 1. The highest BCUT2D eigenvalue weighted by molar-refractivity contribution is 8.07. The summed E-state index contributed by atoms with van der Waals surface area (Å²) in [6.07, 6.45) is 1.86. The van der Waals surface area contributed by atoms with E-state index in [1.54, 1.807) is 0 Å². The van der Waals surface area contributed by atoms with Crippen LogP contribution >= 0.6 is 69.6 Å². The highest BCUT2D eigenvalue weighted by atomic mass is 35.5. The number of aromatic nitrogens is 3. The van der Waals surface area contributed by atoms with Gasteiger partial charge in [-0.3, -0.25) is 14.5 Å². The molecule has 2 amide bonds. The van der Waals surface area contributed by atoms with Crippen LogP contribution in [-0.2, 0) is 14.4 Å². The third-order valence-corrected chi connectivity index (χ3v) is 9.92. The lowest BCUT2D eigenvalue weighted by Gasteiger charge is -2.49. The van der Waals surface area contributed by atoms with E-state index in [1.807, 2.05) is 6.26 Å². The molecule has 0 spiro atoms. The predicted molar refractivity (Wildman–Crippen MR) is 127 cm³/mol. The molecule has 4 heterocycles. The molecular weight excluding hydrogens is 554 g/mol. The number of aliphatic carboxylic acids is 1. The van der Waals surface area contributed by atoms with Gasteiger partial charge in [-0.15, -0.1) is 22.0 Å². The number of halogens is 1. The number of thiazole rings is 1. The molecule has 0 aliphatic carbocycles. The van der Waals surface area contributed by atoms with Gasteiger partial charge < -0.3 is 21.4 Å². The number of rotatable bonds is 7. The zero-order chi connectivity index (χ0) is 23.9. The van der Waals surface area contributed by atoms with Gasteiger partial charge in [-0.2, -0.15) is 0 Å². The summed E-state index contributed by atoms with van der Waals surface area (Å²) in [5.41, 5.74) is 4.77. The van der Waals surface area contributed by atoms with E-state index in [1.165, 1.54) is 34.9 Å². The second kappa shape index (κ2) is 9.67. The maximum atomic E-state index is 12.8. The van der Waals surface area contributed by atoms with Crippen molar-refractivity contribution >= 4 is 98.2 Å². The van der Waals surface area contributed by atoms with Crippen LogP contribution in [0.3, 0.4) is 0 Å². The number of hydrogen-bond donors (Lipinski definition) is 4. The number of oxime groups is 1. The molecule has 2 aromatic rings. The van der Waals surface area contributed by atoms with Gasteiger partial charge in [-0.05, 0) is 6.26 Å². The normalized spacial score (nSPS) is 20.5. The summed E-state index contributed by atoms with van der Waals surface area (Å²) in [4.78, 5) is 42.9. The monoisotopic (exact) mass is 565 g/mol. The minimum absolute atomic E-state index is 0.0446. The fraction of sp³-hybridized carbons (Fsp3) is 0.267. The molecule has 0 bridgehead atoms. The van der Waals surface area contributed by atoms with E-state index in [0.29, 0.717) is 9.24 Å². The van der Waals surface area contributed by atoms with Crippen LogP contribution in [0.5, 0.6) is 0 Å². The van der Waals surface area contributed by atoms with E-state index in [0.717, 1.165) is 32.3 Å². The maximum Gasteiger partial charge on any atom is 0.353 e. The number of nitrogens with two attached hydrogens (primary N) is 1. The summed E-state index contributed by atoms with van der Waals surface area (Å²) < 4.78 is 1.35. The number of anilines is 1. The molecule has 2 aromatic heterocycles. The van der Waals surface area contributed by atoms with E-state index in [2.05, 4.69) is 25.7 Å². The Kier molecular flexibility index (Phi) is 7.06. The zero-order valence-corrected chi connectivity index (χ0v) is 21.1. The molecule has 2 aliphatic rings. The van der Waals surface area contributed by atoms with Crippen LogP contribution in [0.25, 0.3) is 0 Å². The number of β-lactam (4-membered cyclic amide) rings is 1. The molecule has 0 saturated carbocycles. The van der Waals surface area contributed by atoms with Crippen molar-refractivity contribution in [2.24, 2.45) is 5.16 Å². The fourth-order valence-corrected chi connectivity index (χ4v) is 7.97. The molecule has 5 N–H and O–H groups in total. The molecule has 12 nitrogen and oxygen atoms in total. The quantitative estimate of drug-likeness (QED) is 0.125. The number of thioether (sulfide) groups is 3. The van der Waals surface area contributed by atoms with Crippen molar-refractivity contribution in [1.29, 1.82) is 0 Å². The Morgan fingerprint density at radius 1 is 1.33 bits per heavy atom. The van der Waals surface area contributed by atoms with Gasteiger partial charge in [0.05, 0.1) is 0 Å². The largest absolute Gasteiger partial charge is 0.477 e. The summed E-state index contributed by atoms with van der Waals surface area (Å²) >= 11 is 12.0. The van der Waals surface area contributed by atoms with Crippen molar-refractivity contribution in [2.75, 3.05) is 17.7 Å². The molecule has 0 aromatic carbocycles. The van der Waals surface area contributed by atoms with Crippen molar-refractivity contribution in [3.05, 3.63) is 20.6 Å². The Labute approximate surface area is 211 Å². The summed E-state index contributed by atoms with van der Waals surface area (Å²) in [7, 11) is 0. The summed E-state index contributed by atoms with van der Waals surface area (Å²) in [6.45, 7) is 0. The Morgan fingerprint density at radius 2 is 2.06 bits per heavy atom. The summed E-state index contributed by atoms with van der Waals surface area (Å²) in [6, 6.07) is -1.03. The lowest BCUT2D eigenvalue weighted by molar-refractivity contribution is -0.150. The predicted octanol–water partition coefficient (Wildman–Crippen LogP) is 1.62. The Morgan fingerprint density at radius 3 is 2.64 bits per heavy atom. The first-order valence-electron chi connectivity index (χ1n) is 8.66. The van der Waals surface area contributed by atoms with E-state index in [4.69, 9.17) is 17.3 Å². The molecule has 1 unspecified atom stereocenters. The van der Waals surface area contributed by atoms with Crippen molar-refractivity contribution in [1.82, 2.24) is 25.4 Å². The average Bonchev–Trinajstić information content (AvgIpc) is 3.37. The Balaban J connectivity index is 1.52. The first kappa shape index (κ1) is 24.1. The van der Waals surface area contributed by atoms with Gasteiger partial charge in [0.25, 0.3) is 11.8 Å². The topological polar surface area (TPSA) is 184 Å². The van der Waals surface area contributed by atoms with Gasteiger partial charge >= 0.3 is 5.97 Å². The van der Waals surface area contributed by atoms with Crippen LogP contribution in [0.15, 0.2) is 24.4 Å². The molecule has 4 rings (SSSR count). The second-order valence-corrected chi connectivity index (χ2v) is 12.3. The maximum absolute atomic E-state index is 12.8. The molecule has 1 fully saturated rings. The first-order valence-corrected chi connectivity index (χ1v) is 13.8. The van der Waals surface area contributed by atoms with Gasteiger partial charge in [0.1, 0.15) is 27.1 Å². The minimum atomic E-state index is -1.27. The number of carbonyl (C=O) groups excluding carboxylic acids is 2. The number of fused-ring (bicyclic) bond motifs is 1. The third kappa shape index (κ3) is 4.52. The lowest BCUT2D eigenvalue weighted by atomic mass is 10.0. The summed E-state index contributed by atoms with van der Waals surface area (Å²) in [5, 5.41) is 31.9. The van der Waals surface area contributed by atoms with Crippen molar-refractivity contribution in [3.63, 3.8) is 0 Å². The molecule has 2 atom stereocenters. The SMILES string of the molecule is CSc1nnc(SC2=C(C(=O)O)N3C(=O)[C@@H](NC(=O)/C(=N/O)c4nc(N)sc4Cl)C3SC2)s1. The number of carbonyl (C=O) groups is 3. The highest BCUT2D eigenvalue weighted by Crippen LogP contribution is 2.46. The van der Waals surface area contributed by atoms with Crippen molar-refractivity contribution < 1.29 is 24.7 Å². The number of amides is 2. The van der Waals surface area contributed by atoms with Crippen LogP contribution in [0.4, 0.5) is 5.13 Å². The van der Waals surface area contributed by atoms with E-state index < -0.39 is 34.9 Å². The third-order valence-electron chi connectivity index (χ3n) is 4.34. The van der Waals surface area contributed by atoms with Gasteiger partial charge in [0, 0.05) is 10.7 Å². The average molecular weight is 566 g/mol. The van der Waals surface area contributed by atoms with Gasteiger partial charge in [0.2, 0.25) is 0 Å². The van der Waals surface area contributed by atoms with E-state index in [9.17, 15) is 24.7 Å². The molecule has 1 saturated heterocycles. The molecule has 0 radical (unpaired) electrons. The molecule has 33 heavy (non-hydrogen) atoms. The van der Waals surface area contributed by atoms with Crippen LogP contribution in [-0.4, -0.2) is 77.3 Å². The summed E-state index contributed by atoms with van der Waals surface area (Å²) in [5.74, 6) is -2.49. The van der Waals surface area contributed by atoms with E-state index >= 15 is 0 Å². The molecule has 18 heteroatoms. The Bertz CT molecular complexity index is 1210. The second-order valence-electron chi connectivity index (χ2n) is 6.20. The number of carboxylic acid groups (broad SMARTS) is 1. The Hall–Kier alpha value is -2.05. The first-order chi connectivity index (χ1) is 15.7. The van der Waals surface area contributed by atoms with Gasteiger partial charge in [0.15, 0.2) is 19.5 Å². The van der Waals surface area contributed by atoms with Crippen LogP contribution in [0.1, 0.15) is 5.69 Å². The highest BCUT2D eigenvalue weighted by Gasteiger charge is 2.54. The standard InChI is InChI=1S/C15H12ClN7O5S5/c1-29-14-20-21-15(33-14)31-3-2-30-11-6(10(25)23(11)7(3)12(26)27)18-9(24)5(22-28)4-8(16)32-13(17)19-4/h6,11,28H,2H2,1H3,(H2,17,19)(H,18,24)(H,26,27)/b22-5+/t6-,11?/m1/s1. The smallest absolute Gasteiger partial charge is 0.353 e. The van der Waals surface area contributed by atoms with Crippen LogP contribution in [0, 0.1) is 0 Å². The number of nitrogen functional groups attached to an aromatic ring is 1. The van der Waals surface area contributed by atoms with Crippen molar-refractivity contribution in [2.45, 2.75) is 20.1 Å². The van der Waals surface area contributed by atoms with Gasteiger partial charge in [-0.1, -0.05) is 63.0 Å². The van der Waals surface area contributed by atoms with Gasteiger partial charge in [-0.25, -0.2) is 9.78 Å². The fourth-order valence-electron chi connectivity index (χ4n) is 2.97. The molecule has 174 valence electrons. The zero-order valence-electron chi connectivity index (χ0n) is 16.2. The molecule has 2 aliphatic heterocycles. The molecular formula is C15H12ClN7O5S5. The number of nitrogens with one attached hydrogen (secondary N) is 1. The minimum Gasteiger partial charge on any atom is -0.477 e. The van der Waals surface area contributed by atoms with Crippen LogP contribution in [0.2, 0.25) is 4.34 Å².